The minimum atomic E-state index is 0.668. The Hall–Kier alpha value is -1.86. The van der Waals surface area contributed by atoms with Crippen molar-refractivity contribution in [2.24, 2.45) is 0 Å². The zero-order chi connectivity index (χ0) is 22.1. The van der Waals surface area contributed by atoms with Gasteiger partial charge in [0.2, 0.25) is 0 Å². The molecule has 1 aliphatic heterocycles. The summed E-state index contributed by atoms with van der Waals surface area (Å²) in [5, 5.41) is 4.87. The highest BCUT2D eigenvalue weighted by Crippen LogP contribution is 2.20. The van der Waals surface area contributed by atoms with Crippen molar-refractivity contribution < 1.29 is 9.47 Å². The van der Waals surface area contributed by atoms with Crippen LogP contribution in [0.25, 0.3) is 0 Å². The molecule has 0 bridgehead atoms. The summed E-state index contributed by atoms with van der Waals surface area (Å²) in [4.78, 5) is 4.69. The van der Waals surface area contributed by atoms with E-state index in [2.05, 4.69) is 27.2 Å². The second-order valence-electron chi connectivity index (χ2n) is 7.70. The number of rotatable bonds is 9. The molecule has 0 spiro atoms. The van der Waals surface area contributed by atoms with Crippen LogP contribution in [0, 0.1) is 6.92 Å². The SMILES string of the molecule is CCOc1ccc(CN(CCCN2CCOCC2)C(=S)Nc2ccc(Cl)c(C)c2)cc1. The summed E-state index contributed by atoms with van der Waals surface area (Å²) in [6, 6.07) is 14.1. The Kier molecular flexibility index (Phi) is 9.40. The van der Waals surface area contributed by atoms with E-state index in [9.17, 15) is 0 Å². The Labute approximate surface area is 196 Å². The van der Waals surface area contributed by atoms with E-state index in [0.717, 1.165) is 79.5 Å². The molecule has 0 aliphatic carbocycles. The fourth-order valence-electron chi connectivity index (χ4n) is 3.57. The number of morpholine rings is 1. The number of thiocarbonyl (C=S) groups is 1. The first-order valence-electron chi connectivity index (χ1n) is 10.9. The first-order chi connectivity index (χ1) is 15.0. The third kappa shape index (κ3) is 7.65. The highest BCUT2D eigenvalue weighted by atomic mass is 35.5. The molecule has 0 unspecified atom stereocenters. The Balaban J connectivity index is 1.64. The average Bonchev–Trinajstić information content (AvgIpc) is 2.78. The lowest BCUT2D eigenvalue weighted by Gasteiger charge is -2.30. The summed E-state index contributed by atoms with van der Waals surface area (Å²) in [5.41, 5.74) is 3.18. The maximum Gasteiger partial charge on any atom is 0.173 e. The van der Waals surface area contributed by atoms with Gasteiger partial charge in [0, 0.05) is 43.4 Å². The maximum atomic E-state index is 6.17. The molecule has 1 fully saturated rings. The number of benzene rings is 2. The van der Waals surface area contributed by atoms with Gasteiger partial charge in [-0.3, -0.25) is 4.90 Å². The minimum absolute atomic E-state index is 0.668. The molecule has 3 rings (SSSR count). The zero-order valence-corrected chi connectivity index (χ0v) is 20.0. The molecule has 168 valence electrons. The molecule has 1 N–H and O–H groups in total. The Bertz CT molecular complexity index is 841. The lowest BCUT2D eigenvalue weighted by molar-refractivity contribution is 0.0368. The second-order valence-corrected chi connectivity index (χ2v) is 8.49. The van der Waals surface area contributed by atoms with Crippen molar-refractivity contribution in [2.45, 2.75) is 26.8 Å². The van der Waals surface area contributed by atoms with E-state index in [0.29, 0.717) is 6.61 Å². The fraction of sp³-hybridized carbons (Fsp3) is 0.458. The van der Waals surface area contributed by atoms with Crippen molar-refractivity contribution in [3.05, 3.63) is 58.6 Å². The fourth-order valence-corrected chi connectivity index (χ4v) is 3.96. The molecule has 1 heterocycles. The van der Waals surface area contributed by atoms with Crippen molar-refractivity contribution in [3.63, 3.8) is 0 Å². The van der Waals surface area contributed by atoms with Gasteiger partial charge in [0.1, 0.15) is 5.75 Å². The zero-order valence-electron chi connectivity index (χ0n) is 18.4. The molecule has 31 heavy (non-hydrogen) atoms. The Morgan fingerprint density at radius 1 is 1.19 bits per heavy atom. The van der Waals surface area contributed by atoms with E-state index in [-0.39, 0.29) is 0 Å². The third-order valence-electron chi connectivity index (χ3n) is 5.31. The van der Waals surface area contributed by atoms with Gasteiger partial charge in [-0.25, -0.2) is 0 Å². The lowest BCUT2D eigenvalue weighted by Crippen LogP contribution is -2.40. The number of aryl methyl sites for hydroxylation is 1. The average molecular weight is 462 g/mol. The Morgan fingerprint density at radius 2 is 1.94 bits per heavy atom. The van der Waals surface area contributed by atoms with Gasteiger partial charge in [-0.2, -0.15) is 0 Å². The van der Waals surface area contributed by atoms with Gasteiger partial charge in [0.05, 0.1) is 19.8 Å². The predicted molar refractivity (Wildman–Crippen MR) is 132 cm³/mol. The van der Waals surface area contributed by atoms with Crippen LogP contribution in [0.4, 0.5) is 5.69 Å². The highest BCUT2D eigenvalue weighted by molar-refractivity contribution is 7.80. The maximum absolute atomic E-state index is 6.17. The molecule has 0 aromatic heterocycles. The quantitative estimate of drug-likeness (QED) is 0.531. The van der Waals surface area contributed by atoms with Gasteiger partial charge in [-0.05, 0) is 73.9 Å². The van der Waals surface area contributed by atoms with Crippen LogP contribution in [0.3, 0.4) is 0 Å². The molecule has 0 radical (unpaired) electrons. The highest BCUT2D eigenvalue weighted by Gasteiger charge is 2.14. The number of nitrogens with zero attached hydrogens (tertiary/aromatic N) is 2. The van der Waals surface area contributed by atoms with Gasteiger partial charge in [-0.15, -0.1) is 0 Å². The van der Waals surface area contributed by atoms with Gasteiger partial charge in [0.15, 0.2) is 5.11 Å². The van der Waals surface area contributed by atoms with Crippen molar-refractivity contribution in [1.29, 1.82) is 0 Å². The molecule has 0 atom stereocenters. The molecule has 0 amide bonds. The summed E-state index contributed by atoms with van der Waals surface area (Å²) in [6.07, 6.45) is 1.04. The summed E-state index contributed by atoms with van der Waals surface area (Å²) >= 11 is 12.0. The van der Waals surface area contributed by atoms with Crippen molar-refractivity contribution in [3.8, 4) is 5.75 Å². The van der Waals surface area contributed by atoms with Crippen LogP contribution in [0.2, 0.25) is 5.02 Å². The van der Waals surface area contributed by atoms with Gasteiger partial charge < -0.3 is 19.7 Å². The van der Waals surface area contributed by atoms with Gasteiger partial charge in [-0.1, -0.05) is 23.7 Å². The third-order valence-corrected chi connectivity index (χ3v) is 6.09. The van der Waals surface area contributed by atoms with Crippen LogP contribution in [0.5, 0.6) is 5.75 Å². The first-order valence-corrected chi connectivity index (χ1v) is 11.7. The number of hydrogen-bond acceptors (Lipinski definition) is 4. The molecule has 0 saturated carbocycles. The summed E-state index contributed by atoms with van der Waals surface area (Å²) in [6.45, 7) is 11.0. The van der Waals surface area contributed by atoms with Crippen molar-refractivity contribution in [2.75, 3.05) is 51.3 Å². The Morgan fingerprint density at radius 3 is 2.61 bits per heavy atom. The van der Waals surface area contributed by atoms with Crippen LogP contribution < -0.4 is 10.1 Å². The number of nitrogens with one attached hydrogen (secondary N) is 1. The van der Waals surface area contributed by atoms with E-state index < -0.39 is 0 Å². The van der Waals surface area contributed by atoms with Crippen LogP contribution in [-0.4, -0.2) is 60.9 Å². The number of halogens is 1. The van der Waals surface area contributed by atoms with E-state index in [4.69, 9.17) is 33.3 Å². The molecule has 7 heteroatoms. The standard InChI is InChI=1S/C24H32ClN3O2S/c1-3-30-22-8-5-20(6-9-22)18-28(12-4-11-27-13-15-29-16-14-27)24(31)26-21-7-10-23(25)19(2)17-21/h5-10,17H,3-4,11-16,18H2,1-2H3,(H,26,31). The topological polar surface area (TPSA) is 37.0 Å². The first kappa shape index (κ1) is 23.8. The molecular weight excluding hydrogens is 430 g/mol. The molecule has 5 nitrogen and oxygen atoms in total. The van der Waals surface area contributed by atoms with Crippen molar-refractivity contribution in [1.82, 2.24) is 9.80 Å². The summed E-state index contributed by atoms with van der Waals surface area (Å²) in [5.74, 6) is 0.891. The number of anilines is 1. The summed E-state index contributed by atoms with van der Waals surface area (Å²) in [7, 11) is 0. The second kappa shape index (κ2) is 12.2. The van der Waals surface area contributed by atoms with E-state index in [1.54, 1.807) is 0 Å². The molecule has 1 aliphatic rings. The monoisotopic (exact) mass is 461 g/mol. The smallest absolute Gasteiger partial charge is 0.173 e. The van der Waals surface area contributed by atoms with Crippen LogP contribution >= 0.6 is 23.8 Å². The van der Waals surface area contributed by atoms with Crippen LogP contribution in [0.1, 0.15) is 24.5 Å². The minimum Gasteiger partial charge on any atom is -0.494 e. The molecule has 1 saturated heterocycles. The van der Waals surface area contributed by atoms with E-state index in [1.165, 1.54) is 5.56 Å². The molecule has 2 aromatic rings. The van der Waals surface area contributed by atoms with Crippen LogP contribution in [0.15, 0.2) is 42.5 Å². The van der Waals surface area contributed by atoms with E-state index >= 15 is 0 Å². The number of hydrogen-bond donors (Lipinski definition) is 1. The van der Waals surface area contributed by atoms with Crippen molar-refractivity contribution >= 4 is 34.6 Å². The largest absolute Gasteiger partial charge is 0.494 e. The lowest BCUT2D eigenvalue weighted by atomic mass is 10.2. The van der Waals surface area contributed by atoms with Gasteiger partial charge >= 0.3 is 0 Å². The molecular formula is C24H32ClN3O2S. The summed E-state index contributed by atoms with van der Waals surface area (Å²) < 4.78 is 11.0. The van der Waals surface area contributed by atoms with Gasteiger partial charge in [0.25, 0.3) is 0 Å². The number of ether oxygens (including phenoxy) is 2. The normalized spacial score (nSPS) is 14.3. The van der Waals surface area contributed by atoms with E-state index in [1.807, 2.05) is 44.2 Å². The molecule has 2 aromatic carbocycles. The van der Waals surface area contributed by atoms with Crippen LogP contribution in [-0.2, 0) is 11.3 Å². The predicted octanol–water partition coefficient (Wildman–Crippen LogP) is 4.97.